The van der Waals surface area contributed by atoms with Gasteiger partial charge in [-0.3, -0.25) is 9.69 Å². The van der Waals surface area contributed by atoms with Gasteiger partial charge in [-0.25, -0.2) is 4.68 Å². The van der Waals surface area contributed by atoms with Crippen molar-refractivity contribution in [1.29, 1.82) is 0 Å². The Morgan fingerprint density at radius 1 is 1.12 bits per heavy atom. The normalized spacial score (nSPS) is 19.7. The number of pyridine rings is 1. The first kappa shape index (κ1) is 21.3. The van der Waals surface area contributed by atoms with Crippen LogP contribution in [0.2, 0.25) is 0 Å². The van der Waals surface area contributed by atoms with Gasteiger partial charge in [-0.2, -0.15) is 0 Å². The number of aryl methyl sites for hydroxylation is 2. The van der Waals surface area contributed by atoms with Gasteiger partial charge in [0.1, 0.15) is 6.04 Å². The van der Waals surface area contributed by atoms with Crippen LogP contribution in [0.4, 0.5) is 0 Å². The van der Waals surface area contributed by atoms with E-state index in [0.717, 1.165) is 73.4 Å². The molecule has 3 aromatic rings. The number of aromatic amines is 1. The molecule has 2 aromatic heterocycles. The molecular weight excluding hydrogens is 402 g/mol. The number of fused-ring (bicyclic) bond motifs is 1. The number of rotatable bonds is 5. The van der Waals surface area contributed by atoms with Crippen LogP contribution in [0.25, 0.3) is 10.9 Å². The average Bonchev–Trinajstić information content (AvgIpc) is 3.50. The molecule has 8 nitrogen and oxygen atoms in total. The minimum Gasteiger partial charge on any atom is -0.321 e. The minimum atomic E-state index is -0.251. The quantitative estimate of drug-likeness (QED) is 0.663. The maximum absolute atomic E-state index is 13.5. The lowest BCUT2D eigenvalue weighted by molar-refractivity contribution is 0.107. The highest BCUT2D eigenvalue weighted by atomic mass is 16.1. The van der Waals surface area contributed by atoms with Crippen LogP contribution in [-0.4, -0.2) is 67.7 Å². The van der Waals surface area contributed by atoms with Gasteiger partial charge in [-0.15, -0.1) is 5.10 Å². The van der Waals surface area contributed by atoms with Crippen LogP contribution in [0, 0.1) is 13.8 Å². The van der Waals surface area contributed by atoms with E-state index in [1.807, 2.05) is 4.68 Å². The molecule has 1 saturated heterocycles. The minimum absolute atomic E-state index is 0.0462. The number of tetrazole rings is 1. The molecule has 0 unspecified atom stereocenters. The summed E-state index contributed by atoms with van der Waals surface area (Å²) in [6.45, 7) is 11.1. The number of hydrogen-bond acceptors (Lipinski definition) is 6. The molecule has 1 N–H and O–H groups in total. The van der Waals surface area contributed by atoms with Crippen LogP contribution < -0.4 is 5.56 Å². The number of hydrogen-bond donors (Lipinski definition) is 1. The Kier molecular flexibility index (Phi) is 5.82. The van der Waals surface area contributed by atoms with Crippen molar-refractivity contribution in [3.8, 4) is 0 Å². The molecule has 32 heavy (non-hydrogen) atoms. The largest absolute Gasteiger partial charge is 0.321 e. The van der Waals surface area contributed by atoms with Gasteiger partial charge in [0.2, 0.25) is 0 Å². The Hall–Kier alpha value is -2.58. The van der Waals surface area contributed by atoms with Gasteiger partial charge in [0, 0.05) is 31.7 Å². The van der Waals surface area contributed by atoms with Gasteiger partial charge >= 0.3 is 0 Å². The Balaban J connectivity index is 1.63. The number of nitrogens with zero attached hydrogens (tertiary/aromatic N) is 6. The first-order valence-electron chi connectivity index (χ1n) is 11.9. The maximum Gasteiger partial charge on any atom is 0.253 e. The Morgan fingerprint density at radius 2 is 1.88 bits per heavy atom. The molecule has 1 saturated carbocycles. The number of benzene rings is 1. The molecule has 5 rings (SSSR count). The fraction of sp³-hybridized carbons (Fsp3) is 0.583. The summed E-state index contributed by atoms with van der Waals surface area (Å²) >= 11 is 0. The fourth-order valence-corrected chi connectivity index (χ4v) is 5.37. The van der Waals surface area contributed by atoms with Gasteiger partial charge in [0.05, 0.1) is 11.6 Å². The first-order chi connectivity index (χ1) is 15.6. The molecule has 2 fully saturated rings. The third-order valence-electron chi connectivity index (χ3n) is 7.53. The second-order valence-corrected chi connectivity index (χ2v) is 9.32. The summed E-state index contributed by atoms with van der Waals surface area (Å²) in [6, 6.07) is 6.36. The molecule has 1 aliphatic carbocycles. The second kappa shape index (κ2) is 8.75. The van der Waals surface area contributed by atoms with Gasteiger partial charge in [0.15, 0.2) is 5.82 Å². The van der Waals surface area contributed by atoms with Crippen LogP contribution in [0.5, 0.6) is 0 Å². The van der Waals surface area contributed by atoms with E-state index >= 15 is 0 Å². The molecule has 0 bridgehead atoms. The third-order valence-corrected chi connectivity index (χ3v) is 7.53. The van der Waals surface area contributed by atoms with Crippen LogP contribution in [0.1, 0.15) is 67.2 Å². The van der Waals surface area contributed by atoms with Crippen LogP contribution in [0.3, 0.4) is 0 Å². The molecule has 0 spiro atoms. The van der Waals surface area contributed by atoms with E-state index in [1.54, 1.807) is 0 Å². The third kappa shape index (κ3) is 3.75. The molecular formula is C24H33N7O. The van der Waals surface area contributed by atoms with E-state index in [9.17, 15) is 4.79 Å². The van der Waals surface area contributed by atoms with E-state index in [4.69, 9.17) is 0 Å². The number of H-pyrrole nitrogens is 1. The van der Waals surface area contributed by atoms with E-state index in [2.05, 4.69) is 69.3 Å². The topological polar surface area (TPSA) is 82.9 Å². The van der Waals surface area contributed by atoms with Crippen molar-refractivity contribution in [3.63, 3.8) is 0 Å². The van der Waals surface area contributed by atoms with Crippen molar-refractivity contribution in [3.05, 3.63) is 51.1 Å². The number of aromatic nitrogens is 5. The standard InChI is InChI=1S/C24H33N7O/c1-4-29-11-13-30(14-12-29)22(23-26-27-28-31(23)19-7-5-6-8-19)20-15-18-10-9-16(2)17(3)21(18)25-24(20)32/h9-10,15,19,22H,4-8,11-14H2,1-3H3,(H,25,32)/t22-/m1/s1. The molecule has 1 atom stereocenters. The summed E-state index contributed by atoms with van der Waals surface area (Å²) in [4.78, 5) is 21.5. The highest BCUT2D eigenvalue weighted by Crippen LogP contribution is 2.34. The van der Waals surface area contributed by atoms with Gasteiger partial charge < -0.3 is 9.88 Å². The van der Waals surface area contributed by atoms with E-state index in [-0.39, 0.29) is 11.6 Å². The Morgan fingerprint density at radius 3 is 2.59 bits per heavy atom. The molecule has 170 valence electrons. The maximum atomic E-state index is 13.5. The second-order valence-electron chi connectivity index (χ2n) is 9.32. The van der Waals surface area contributed by atoms with Crippen molar-refractivity contribution in [2.45, 2.75) is 58.5 Å². The van der Waals surface area contributed by atoms with Crippen molar-refractivity contribution in [2.75, 3.05) is 32.7 Å². The van der Waals surface area contributed by atoms with Crippen molar-refractivity contribution >= 4 is 10.9 Å². The molecule has 3 heterocycles. The van der Waals surface area contributed by atoms with Crippen molar-refractivity contribution in [1.82, 2.24) is 35.0 Å². The predicted octanol–water partition coefficient (Wildman–Crippen LogP) is 2.97. The predicted molar refractivity (Wildman–Crippen MR) is 125 cm³/mol. The monoisotopic (exact) mass is 435 g/mol. The smallest absolute Gasteiger partial charge is 0.253 e. The first-order valence-corrected chi connectivity index (χ1v) is 11.9. The zero-order valence-electron chi connectivity index (χ0n) is 19.3. The number of likely N-dealkylation sites (N-methyl/N-ethyl adjacent to an activating group) is 1. The van der Waals surface area contributed by atoms with Crippen molar-refractivity contribution < 1.29 is 0 Å². The highest BCUT2D eigenvalue weighted by molar-refractivity contribution is 5.83. The lowest BCUT2D eigenvalue weighted by Gasteiger charge is -2.38. The van der Waals surface area contributed by atoms with Crippen molar-refractivity contribution in [2.24, 2.45) is 0 Å². The lowest BCUT2D eigenvalue weighted by atomic mass is 9.99. The molecule has 8 heteroatoms. The van der Waals surface area contributed by atoms with Crippen LogP contribution in [-0.2, 0) is 0 Å². The zero-order chi connectivity index (χ0) is 22.2. The summed E-state index contributed by atoms with van der Waals surface area (Å²) in [5, 5.41) is 14.0. The molecule has 0 radical (unpaired) electrons. The van der Waals surface area contributed by atoms with Gasteiger partial charge in [-0.1, -0.05) is 31.9 Å². The van der Waals surface area contributed by atoms with E-state index in [1.165, 1.54) is 18.4 Å². The molecule has 1 aliphatic heterocycles. The summed E-state index contributed by atoms with van der Waals surface area (Å²) in [7, 11) is 0. The average molecular weight is 436 g/mol. The Labute approximate surface area is 188 Å². The molecule has 0 amide bonds. The molecule has 1 aromatic carbocycles. The van der Waals surface area contributed by atoms with Gasteiger partial charge in [-0.05, 0) is 66.2 Å². The zero-order valence-corrected chi connectivity index (χ0v) is 19.3. The van der Waals surface area contributed by atoms with Gasteiger partial charge in [0.25, 0.3) is 5.56 Å². The van der Waals surface area contributed by atoms with E-state index < -0.39 is 0 Å². The number of nitrogens with one attached hydrogen (secondary N) is 1. The summed E-state index contributed by atoms with van der Waals surface area (Å²) < 4.78 is 2.01. The van der Waals surface area contributed by atoms with Crippen LogP contribution in [0.15, 0.2) is 23.0 Å². The summed E-state index contributed by atoms with van der Waals surface area (Å²) in [6.07, 6.45) is 4.61. The SMILES string of the molecule is CCN1CCN([C@H](c2cc3ccc(C)c(C)c3[nH]c2=O)c2nnnn2C2CCCC2)CC1. The van der Waals surface area contributed by atoms with Crippen LogP contribution >= 0.6 is 0 Å². The summed E-state index contributed by atoms with van der Waals surface area (Å²) in [5.41, 5.74) is 3.91. The molecule has 2 aliphatic rings. The fourth-order valence-electron chi connectivity index (χ4n) is 5.37. The number of piperazine rings is 1. The van der Waals surface area contributed by atoms with E-state index in [0.29, 0.717) is 6.04 Å². The Bertz CT molecular complexity index is 1150. The lowest BCUT2D eigenvalue weighted by Crippen LogP contribution is -2.49. The highest BCUT2D eigenvalue weighted by Gasteiger charge is 2.34. The summed E-state index contributed by atoms with van der Waals surface area (Å²) in [5.74, 6) is 0.801.